The van der Waals surface area contributed by atoms with E-state index in [4.69, 9.17) is 4.74 Å². The van der Waals surface area contributed by atoms with Gasteiger partial charge >= 0.3 is 6.09 Å². The SMILES string of the molecule is CCC(C)C(NC(=O)OC(C)(C)C)C(=O)N(C(C(=O)Nc1ccc2ccccc2c1)c1cc(C)ccc1C)C(C)(C)C. The Kier molecular flexibility index (Phi) is 10.1. The van der Waals surface area contributed by atoms with Crippen LogP contribution in [0, 0.1) is 19.8 Å². The first-order valence-electron chi connectivity index (χ1n) is 14.7. The molecule has 7 nitrogen and oxygen atoms in total. The Bertz CT molecular complexity index is 1430. The van der Waals surface area contributed by atoms with Crippen LogP contribution in [-0.2, 0) is 14.3 Å². The fourth-order valence-corrected chi connectivity index (χ4v) is 5.04. The van der Waals surface area contributed by atoms with E-state index < -0.39 is 29.3 Å². The van der Waals surface area contributed by atoms with Crippen molar-refractivity contribution in [3.8, 4) is 0 Å². The number of rotatable bonds is 8. The van der Waals surface area contributed by atoms with Gasteiger partial charge in [-0.15, -0.1) is 0 Å². The fourth-order valence-electron chi connectivity index (χ4n) is 5.04. The molecule has 2 N–H and O–H groups in total. The lowest BCUT2D eigenvalue weighted by Gasteiger charge is -2.44. The van der Waals surface area contributed by atoms with Gasteiger partial charge in [-0.2, -0.15) is 0 Å². The van der Waals surface area contributed by atoms with Crippen molar-refractivity contribution in [3.05, 3.63) is 77.4 Å². The predicted octanol–water partition coefficient (Wildman–Crippen LogP) is 7.70. The number of ether oxygens (including phenoxy) is 1. The van der Waals surface area contributed by atoms with Crippen LogP contribution < -0.4 is 10.6 Å². The largest absolute Gasteiger partial charge is 0.444 e. The first-order valence-corrected chi connectivity index (χ1v) is 14.7. The Hall–Kier alpha value is -3.87. The standard InChI is InChI=1S/C35H47N3O4/c1-11-23(3)29(37-33(41)42-35(8,9)10)32(40)38(34(5,6)7)30(28-20-22(2)16-17-24(28)4)31(39)36-27-19-18-25-14-12-13-15-26(25)21-27/h12-21,23,29-30H,11H2,1-10H3,(H,36,39)(H,37,41). The molecule has 0 saturated carbocycles. The monoisotopic (exact) mass is 573 g/mol. The number of alkyl carbamates (subject to hydrolysis) is 1. The van der Waals surface area contributed by atoms with Gasteiger partial charge < -0.3 is 20.3 Å². The van der Waals surface area contributed by atoms with Gasteiger partial charge in [-0.05, 0) is 95.3 Å². The van der Waals surface area contributed by atoms with Gasteiger partial charge in [-0.1, -0.05) is 74.4 Å². The maximum atomic E-state index is 14.6. The average Bonchev–Trinajstić information content (AvgIpc) is 2.89. The van der Waals surface area contributed by atoms with Crippen molar-refractivity contribution in [2.24, 2.45) is 5.92 Å². The van der Waals surface area contributed by atoms with Crippen LogP contribution in [0.4, 0.5) is 10.5 Å². The van der Waals surface area contributed by atoms with Crippen LogP contribution in [0.15, 0.2) is 60.7 Å². The third-order valence-electron chi connectivity index (χ3n) is 7.36. The molecule has 0 aromatic heterocycles. The number of hydrogen-bond donors (Lipinski definition) is 2. The summed E-state index contributed by atoms with van der Waals surface area (Å²) in [6.07, 6.45) is -0.0272. The Morgan fingerprint density at radius 1 is 0.881 bits per heavy atom. The molecule has 0 bridgehead atoms. The normalized spacial score (nSPS) is 14.0. The van der Waals surface area contributed by atoms with Crippen molar-refractivity contribution >= 4 is 34.4 Å². The minimum atomic E-state index is -0.962. The molecule has 0 aliphatic heterocycles. The van der Waals surface area contributed by atoms with Gasteiger partial charge in [0, 0.05) is 11.2 Å². The van der Waals surface area contributed by atoms with E-state index in [2.05, 4.69) is 10.6 Å². The second kappa shape index (κ2) is 13.0. The predicted molar refractivity (Wildman–Crippen MR) is 170 cm³/mol. The molecule has 0 heterocycles. The summed E-state index contributed by atoms with van der Waals surface area (Å²) in [6.45, 7) is 18.9. The summed E-state index contributed by atoms with van der Waals surface area (Å²) in [5, 5.41) is 8.00. The Morgan fingerprint density at radius 2 is 1.52 bits per heavy atom. The Morgan fingerprint density at radius 3 is 2.12 bits per heavy atom. The van der Waals surface area contributed by atoms with Crippen LogP contribution >= 0.6 is 0 Å². The number of aryl methyl sites for hydroxylation is 2. The summed E-state index contributed by atoms with van der Waals surface area (Å²) in [5.74, 6) is -0.887. The first-order chi connectivity index (χ1) is 19.5. The lowest BCUT2D eigenvalue weighted by Crippen LogP contribution is -2.59. The fraction of sp³-hybridized carbons (Fsp3) is 0.457. The number of benzene rings is 3. The number of nitrogens with one attached hydrogen (secondary N) is 2. The molecule has 0 radical (unpaired) electrons. The molecule has 3 aromatic rings. The van der Waals surface area contributed by atoms with E-state index in [-0.39, 0.29) is 17.7 Å². The van der Waals surface area contributed by atoms with E-state index in [0.29, 0.717) is 12.1 Å². The number of anilines is 1. The number of amides is 3. The highest BCUT2D eigenvalue weighted by Crippen LogP contribution is 2.34. The van der Waals surface area contributed by atoms with Gasteiger partial charge in [0.25, 0.3) is 5.91 Å². The maximum Gasteiger partial charge on any atom is 0.408 e. The lowest BCUT2D eigenvalue weighted by molar-refractivity contribution is -0.148. The maximum absolute atomic E-state index is 14.6. The molecule has 0 aliphatic carbocycles. The summed E-state index contributed by atoms with van der Waals surface area (Å²) in [4.78, 5) is 43.5. The van der Waals surface area contributed by atoms with Crippen molar-refractivity contribution in [1.29, 1.82) is 0 Å². The second-order valence-corrected chi connectivity index (χ2v) is 13.2. The van der Waals surface area contributed by atoms with Crippen LogP contribution in [0.3, 0.4) is 0 Å². The third kappa shape index (κ3) is 8.11. The highest BCUT2D eigenvalue weighted by atomic mass is 16.6. The van der Waals surface area contributed by atoms with Crippen LogP contribution in [0.1, 0.15) is 84.5 Å². The van der Waals surface area contributed by atoms with Crippen LogP contribution in [0.5, 0.6) is 0 Å². The number of nitrogens with zero attached hydrogens (tertiary/aromatic N) is 1. The van der Waals surface area contributed by atoms with Crippen molar-refractivity contribution < 1.29 is 19.1 Å². The number of carbonyl (C=O) groups is 3. The zero-order chi connectivity index (χ0) is 31.4. The molecular weight excluding hydrogens is 526 g/mol. The highest BCUT2D eigenvalue weighted by molar-refractivity contribution is 6.01. The average molecular weight is 574 g/mol. The van der Waals surface area contributed by atoms with Gasteiger partial charge in [0.2, 0.25) is 5.91 Å². The molecule has 0 spiro atoms. The summed E-state index contributed by atoms with van der Waals surface area (Å²) in [7, 11) is 0. The first kappa shape index (κ1) is 32.6. The van der Waals surface area contributed by atoms with Crippen molar-refractivity contribution in [2.75, 3.05) is 5.32 Å². The van der Waals surface area contributed by atoms with Gasteiger partial charge in [-0.25, -0.2) is 4.79 Å². The molecule has 7 heteroatoms. The zero-order valence-electron chi connectivity index (χ0n) is 26.8. The van der Waals surface area contributed by atoms with E-state index in [0.717, 1.165) is 27.5 Å². The summed E-state index contributed by atoms with van der Waals surface area (Å²) in [6, 6.07) is 17.8. The molecule has 0 aliphatic rings. The Labute approximate surface area is 251 Å². The van der Waals surface area contributed by atoms with E-state index in [1.807, 2.05) is 109 Å². The van der Waals surface area contributed by atoms with Crippen molar-refractivity contribution in [1.82, 2.24) is 10.2 Å². The highest BCUT2D eigenvalue weighted by Gasteiger charge is 2.43. The number of hydrogen-bond acceptors (Lipinski definition) is 4. The molecular formula is C35H47N3O4. The molecule has 0 saturated heterocycles. The second-order valence-electron chi connectivity index (χ2n) is 13.2. The molecule has 3 rings (SSSR count). The Balaban J connectivity index is 2.13. The number of carbonyl (C=O) groups excluding carboxylic acids is 3. The van der Waals surface area contributed by atoms with Crippen LogP contribution in [-0.4, -0.2) is 40.0 Å². The summed E-state index contributed by atoms with van der Waals surface area (Å²) in [5.41, 5.74) is 1.74. The van der Waals surface area contributed by atoms with Gasteiger partial charge in [-0.3, -0.25) is 9.59 Å². The summed E-state index contributed by atoms with van der Waals surface area (Å²) < 4.78 is 5.52. The molecule has 3 amide bonds. The van der Waals surface area contributed by atoms with E-state index >= 15 is 0 Å². The molecule has 3 unspecified atom stereocenters. The van der Waals surface area contributed by atoms with E-state index in [1.54, 1.807) is 25.7 Å². The molecule has 3 aromatic carbocycles. The topological polar surface area (TPSA) is 87.7 Å². The van der Waals surface area contributed by atoms with E-state index in [9.17, 15) is 14.4 Å². The lowest BCUT2D eigenvalue weighted by atomic mass is 9.89. The van der Waals surface area contributed by atoms with Gasteiger partial charge in [0.1, 0.15) is 17.7 Å². The smallest absolute Gasteiger partial charge is 0.408 e. The van der Waals surface area contributed by atoms with Crippen molar-refractivity contribution in [2.45, 2.75) is 98.9 Å². The minimum Gasteiger partial charge on any atom is -0.444 e. The van der Waals surface area contributed by atoms with E-state index in [1.165, 1.54) is 0 Å². The van der Waals surface area contributed by atoms with Crippen LogP contribution in [0.2, 0.25) is 0 Å². The zero-order valence-corrected chi connectivity index (χ0v) is 26.8. The minimum absolute atomic E-state index is 0.210. The van der Waals surface area contributed by atoms with Crippen LogP contribution in [0.25, 0.3) is 10.8 Å². The third-order valence-corrected chi connectivity index (χ3v) is 7.36. The number of fused-ring (bicyclic) bond motifs is 1. The van der Waals surface area contributed by atoms with Gasteiger partial charge in [0.15, 0.2) is 0 Å². The quantitative estimate of drug-likeness (QED) is 0.289. The summed E-state index contributed by atoms with van der Waals surface area (Å²) >= 11 is 0. The molecule has 3 atom stereocenters. The molecule has 42 heavy (non-hydrogen) atoms. The molecule has 0 fully saturated rings. The molecule has 226 valence electrons. The van der Waals surface area contributed by atoms with Gasteiger partial charge in [0.05, 0.1) is 0 Å². The van der Waals surface area contributed by atoms with Crippen molar-refractivity contribution in [3.63, 3.8) is 0 Å².